The summed E-state index contributed by atoms with van der Waals surface area (Å²) in [4.78, 5) is 0. The second kappa shape index (κ2) is 5.33. The van der Waals surface area contributed by atoms with Gasteiger partial charge in [0.15, 0.2) is 6.29 Å². The Kier molecular flexibility index (Phi) is 4.24. The first-order valence-electron chi connectivity index (χ1n) is 4.27. The molecular weight excluding hydrogens is 140 g/mol. The molecule has 64 valence electrons. The van der Waals surface area contributed by atoms with Gasteiger partial charge in [0, 0.05) is 13.0 Å². The Labute approximate surface area is 68.2 Å². The molecule has 0 saturated carbocycles. The van der Waals surface area contributed by atoms with Gasteiger partial charge in [0.05, 0.1) is 6.61 Å². The molecule has 1 rings (SSSR count). The van der Waals surface area contributed by atoms with E-state index < -0.39 is 0 Å². The Morgan fingerprint density at radius 1 is 1.64 bits per heavy atom. The van der Waals surface area contributed by atoms with Gasteiger partial charge in [-0.2, -0.15) is 0 Å². The Hall–Kier alpha value is -0.340. The first-order chi connectivity index (χ1) is 5.43. The van der Waals surface area contributed by atoms with Crippen molar-refractivity contribution in [1.82, 2.24) is 0 Å². The van der Waals surface area contributed by atoms with E-state index in [0.29, 0.717) is 0 Å². The normalized spacial score (nSPS) is 23.8. The molecular formula is C9H16O2. The molecule has 2 nitrogen and oxygen atoms in total. The summed E-state index contributed by atoms with van der Waals surface area (Å²) >= 11 is 0. The maximum atomic E-state index is 5.44. The minimum absolute atomic E-state index is 0.0832. The van der Waals surface area contributed by atoms with Crippen LogP contribution in [-0.2, 0) is 9.47 Å². The fourth-order valence-corrected chi connectivity index (χ4v) is 1.12. The summed E-state index contributed by atoms with van der Waals surface area (Å²) in [5, 5.41) is 0. The van der Waals surface area contributed by atoms with Crippen LogP contribution in [0.1, 0.15) is 25.7 Å². The van der Waals surface area contributed by atoms with Crippen molar-refractivity contribution in [2.75, 3.05) is 13.2 Å². The Morgan fingerprint density at radius 2 is 2.55 bits per heavy atom. The summed E-state index contributed by atoms with van der Waals surface area (Å²) in [6.07, 6.45) is 6.30. The first-order valence-corrected chi connectivity index (χ1v) is 4.27. The van der Waals surface area contributed by atoms with Gasteiger partial charge in [0.1, 0.15) is 0 Å². The average molecular weight is 156 g/mol. The van der Waals surface area contributed by atoms with Gasteiger partial charge in [-0.25, -0.2) is 0 Å². The second-order valence-corrected chi connectivity index (χ2v) is 2.74. The van der Waals surface area contributed by atoms with Crippen LogP contribution in [0.4, 0.5) is 0 Å². The second-order valence-electron chi connectivity index (χ2n) is 2.74. The number of ether oxygens (including phenoxy) is 2. The zero-order valence-electron chi connectivity index (χ0n) is 6.92. The fraction of sp³-hybridized carbons (Fsp3) is 0.778. The predicted molar refractivity (Wildman–Crippen MR) is 44.4 cm³/mol. The summed E-state index contributed by atoms with van der Waals surface area (Å²) in [5.41, 5.74) is 0. The van der Waals surface area contributed by atoms with Gasteiger partial charge in [0.25, 0.3) is 0 Å². The van der Waals surface area contributed by atoms with Crippen LogP contribution in [0.15, 0.2) is 12.7 Å². The van der Waals surface area contributed by atoms with Crippen LogP contribution in [0.25, 0.3) is 0 Å². The lowest BCUT2D eigenvalue weighted by atomic mass is 10.3. The van der Waals surface area contributed by atoms with Crippen molar-refractivity contribution in [1.29, 1.82) is 0 Å². The Morgan fingerprint density at radius 3 is 3.18 bits per heavy atom. The molecule has 1 heterocycles. The molecule has 1 aliphatic rings. The van der Waals surface area contributed by atoms with Crippen molar-refractivity contribution in [3.8, 4) is 0 Å². The highest BCUT2D eigenvalue weighted by atomic mass is 16.7. The Bertz CT molecular complexity index is 106. The standard InChI is InChI=1S/C9H16O2/c1-2-3-4-7-10-9-6-5-8-11-9/h2,9H,1,3-8H2. The van der Waals surface area contributed by atoms with Gasteiger partial charge in [-0.1, -0.05) is 6.08 Å². The molecule has 0 amide bonds. The molecule has 0 aromatic carbocycles. The zero-order valence-corrected chi connectivity index (χ0v) is 6.92. The third kappa shape index (κ3) is 3.54. The molecule has 0 bridgehead atoms. The highest BCUT2D eigenvalue weighted by molar-refractivity contribution is 4.65. The molecule has 0 aromatic rings. The van der Waals surface area contributed by atoms with Crippen LogP contribution in [0.3, 0.4) is 0 Å². The van der Waals surface area contributed by atoms with E-state index in [1.54, 1.807) is 0 Å². The molecule has 11 heavy (non-hydrogen) atoms. The van der Waals surface area contributed by atoms with E-state index in [1.165, 1.54) is 0 Å². The summed E-state index contributed by atoms with van der Waals surface area (Å²) in [6, 6.07) is 0. The fourth-order valence-electron chi connectivity index (χ4n) is 1.12. The molecule has 1 atom stereocenters. The third-order valence-electron chi connectivity index (χ3n) is 1.74. The van der Waals surface area contributed by atoms with Crippen LogP contribution >= 0.6 is 0 Å². The van der Waals surface area contributed by atoms with Gasteiger partial charge < -0.3 is 9.47 Å². The lowest BCUT2D eigenvalue weighted by Gasteiger charge is -2.09. The van der Waals surface area contributed by atoms with E-state index in [1.807, 2.05) is 6.08 Å². The molecule has 2 heteroatoms. The van der Waals surface area contributed by atoms with E-state index in [0.717, 1.165) is 38.9 Å². The number of hydrogen-bond acceptors (Lipinski definition) is 2. The number of allylic oxidation sites excluding steroid dienone is 1. The van der Waals surface area contributed by atoms with Crippen molar-refractivity contribution >= 4 is 0 Å². The maximum Gasteiger partial charge on any atom is 0.157 e. The molecule has 1 fully saturated rings. The molecule has 1 aliphatic heterocycles. The average Bonchev–Trinajstić information content (AvgIpc) is 2.50. The van der Waals surface area contributed by atoms with Gasteiger partial charge in [-0.15, -0.1) is 6.58 Å². The van der Waals surface area contributed by atoms with Gasteiger partial charge >= 0.3 is 0 Å². The van der Waals surface area contributed by atoms with Crippen LogP contribution < -0.4 is 0 Å². The first kappa shape index (κ1) is 8.75. The van der Waals surface area contributed by atoms with Crippen molar-refractivity contribution in [3.63, 3.8) is 0 Å². The minimum atomic E-state index is 0.0832. The largest absolute Gasteiger partial charge is 0.353 e. The van der Waals surface area contributed by atoms with Gasteiger partial charge in [-0.05, 0) is 19.3 Å². The predicted octanol–water partition coefficient (Wildman–Crippen LogP) is 2.11. The zero-order chi connectivity index (χ0) is 7.94. The monoisotopic (exact) mass is 156 g/mol. The smallest absolute Gasteiger partial charge is 0.157 e. The van der Waals surface area contributed by atoms with E-state index in [4.69, 9.17) is 9.47 Å². The summed E-state index contributed by atoms with van der Waals surface area (Å²) < 4.78 is 10.7. The van der Waals surface area contributed by atoms with Crippen molar-refractivity contribution in [2.45, 2.75) is 32.0 Å². The summed E-state index contributed by atoms with van der Waals surface area (Å²) in [5.74, 6) is 0. The molecule has 1 saturated heterocycles. The number of unbranched alkanes of at least 4 members (excludes halogenated alkanes) is 1. The highest BCUT2D eigenvalue weighted by Gasteiger charge is 2.14. The van der Waals surface area contributed by atoms with Crippen molar-refractivity contribution < 1.29 is 9.47 Å². The van der Waals surface area contributed by atoms with Crippen LogP contribution in [0.5, 0.6) is 0 Å². The summed E-state index contributed by atoms with van der Waals surface area (Å²) in [6.45, 7) is 5.31. The van der Waals surface area contributed by atoms with Gasteiger partial charge in [0.2, 0.25) is 0 Å². The molecule has 0 N–H and O–H groups in total. The van der Waals surface area contributed by atoms with Crippen LogP contribution in [0, 0.1) is 0 Å². The lowest BCUT2D eigenvalue weighted by Crippen LogP contribution is -2.10. The minimum Gasteiger partial charge on any atom is -0.353 e. The highest BCUT2D eigenvalue weighted by Crippen LogP contribution is 2.13. The third-order valence-corrected chi connectivity index (χ3v) is 1.74. The summed E-state index contributed by atoms with van der Waals surface area (Å²) in [7, 11) is 0. The van der Waals surface area contributed by atoms with Crippen LogP contribution in [-0.4, -0.2) is 19.5 Å². The van der Waals surface area contributed by atoms with E-state index in [-0.39, 0.29) is 6.29 Å². The van der Waals surface area contributed by atoms with Crippen LogP contribution in [0.2, 0.25) is 0 Å². The van der Waals surface area contributed by atoms with Gasteiger partial charge in [-0.3, -0.25) is 0 Å². The van der Waals surface area contributed by atoms with E-state index >= 15 is 0 Å². The van der Waals surface area contributed by atoms with E-state index in [2.05, 4.69) is 6.58 Å². The lowest BCUT2D eigenvalue weighted by molar-refractivity contribution is -0.111. The number of rotatable bonds is 5. The Balaban J connectivity index is 1.89. The van der Waals surface area contributed by atoms with E-state index in [9.17, 15) is 0 Å². The topological polar surface area (TPSA) is 18.5 Å². The van der Waals surface area contributed by atoms with Crippen molar-refractivity contribution in [2.24, 2.45) is 0 Å². The molecule has 0 aromatic heterocycles. The molecule has 0 spiro atoms. The molecule has 0 radical (unpaired) electrons. The van der Waals surface area contributed by atoms with Crippen molar-refractivity contribution in [3.05, 3.63) is 12.7 Å². The SMILES string of the molecule is C=CCCCOC1CCCO1. The molecule has 0 aliphatic carbocycles. The quantitative estimate of drug-likeness (QED) is 0.448. The maximum absolute atomic E-state index is 5.44. The molecule has 1 unspecified atom stereocenters. The number of hydrogen-bond donors (Lipinski definition) is 0.